The van der Waals surface area contributed by atoms with Gasteiger partial charge in [-0.25, -0.2) is 9.07 Å². The highest BCUT2D eigenvalue weighted by molar-refractivity contribution is 8.16. The van der Waals surface area contributed by atoms with Crippen molar-refractivity contribution >= 4 is 35.1 Å². The largest absolute Gasteiger partial charge is 0.435 e. The number of nitrogens with zero attached hydrogens (tertiary/aromatic N) is 3. The van der Waals surface area contributed by atoms with Gasteiger partial charge in [-0.1, -0.05) is 17.3 Å². The van der Waals surface area contributed by atoms with Crippen molar-refractivity contribution in [2.45, 2.75) is 17.2 Å². The molecule has 1 aliphatic heterocycles. The summed E-state index contributed by atoms with van der Waals surface area (Å²) in [7, 11) is 0. The highest BCUT2D eigenvalue weighted by atomic mass is 32.2. The van der Waals surface area contributed by atoms with Crippen molar-refractivity contribution in [1.82, 2.24) is 15.0 Å². The Balaban J connectivity index is 1.62. The summed E-state index contributed by atoms with van der Waals surface area (Å²) in [6.45, 7) is 0. The maximum atomic E-state index is 13.8. The number of rotatable bonds is 4. The molecule has 1 aliphatic rings. The molecule has 0 aliphatic carbocycles. The van der Waals surface area contributed by atoms with Gasteiger partial charge in [0.15, 0.2) is 11.4 Å². The van der Waals surface area contributed by atoms with Gasteiger partial charge < -0.3 is 5.32 Å². The normalized spacial score (nSPS) is 15.1. The van der Waals surface area contributed by atoms with E-state index in [1.807, 2.05) is 6.07 Å². The molecule has 2 aromatic carbocycles. The fraction of sp³-hybridized carbons (Fsp3) is 0.250. The summed E-state index contributed by atoms with van der Waals surface area (Å²) >= 11 is 3.59. The van der Waals surface area contributed by atoms with Crippen molar-refractivity contribution in [2.75, 3.05) is 16.8 Å². The number of thioether (sulfide) groups is 2. The lowest BCUT2D eigenvalue weighted by molar-refractivity contribution is -0.143. The molecule has 0 atom stereocenters. The smallest absolute Gasteiger partial charge is 0.321 e. The lowest BCUT2D eigenvalue weighted by atomic mass is 10.2. The molecule has 1 saturated heterocycles. The first-order valence-corrected chi connectivity index (χ1v) is 11.4. The summed E-state index contributed by atoms with van der Waals surface area (Å²) in [4.78, 5) is 12.7. The molecule has 31 heavy (non-hydrogen) atoms. The number of hydrogen-bond acceptors (Lipinski definition) is 5. The van der Waals surface area contributed by atoms with Gasteiger partial charge in [0.05, 0.1) is 10.3 Å². The first-order valence-electron chi connectivity index (χ1n) is 9.26. The van der Waals surface area contributed by atoms with Crippen molar-refractivity contribution in [1.29, 1.82) is 0 Å². The Bertz CT molecular complexity index is 1080. The van der Waals surface area contributed by atoms with Crippen LogP contribution in [0.2, 0.25) is 0 Å². The van der Waals surface area contributed by atoms with Crippen LogP contribution in [0.3, 0.4) is 0 Å². The Labute approximate surface area is 183 Å². The van der Waals surface area contributed by atoms with Gasteiger partial charge in [0.25, 0.3) is 5.91 Å². The minimum absolute atomic E-state index is 0.0615. The number of aromatic nitrogens is 3. The lowest BCUT2D eigenvalue weighted by Gasteiger charge is -2.21. The number of hydrogen-bond donors (Lipinski definition) is 1. The molecular weight excluding hydrogens is 452 g/mol. The van der Waals surface area contributed by atoms with Gasteiger partial charge in [-0.3, -0.25) is 4.79 Å². The maximum absolute atomic E-state index is 13.8. The second-order valence-electron chi connectivity index (χ2n) is 6.68. The summed E-state index contributed by atoms with van der Waals surface area (Å²) in [5.41, 5.74) is -0.888. The zero-order chi connectivity index (χ0) is 22.0. The number of amides is 1. The Kier molecular flexibility index (Phi) is 6.24. The molecule has 1 N–H and O–H groups in total. The molecule has 5 nitrogen and oxygen atoms in total. The SMILES string of the molecule is O=C(Nc1cccc(C2SCCCS2)c1)c1nnn(-c2ccc(F)cc2)c1C(F)(F)F. The summed E-state index contributed by atoms with van der Waals surface area (Å²) in [5, 5.41) is 9.45. The molecule has 1 fully saturated rings. The molecule has 2 heterocycles. The van der Waals surface area contributed by atoms with Crippen molar-refractivity contribution in [3.63, 3.8) is 0 Å². The van der Waals surface area contributed by atoms with Crippen LogP contribution in [0, 0.1) is 5.82 Å². The van der Waals surface area contributed by atoms with E-state index in [-0.39, 0.29) is 10.3 Å². The van der Waals surface area contributed by atoms with Gasteiger partial charge in [-0.2, -0.15) is 13.2 Å². The van der Waals surface area contributed by atoms with Crippen LogP contribution in [0.25, 0.3) is 5.69 Å². The zero-order valence-electron chi connectivity index (χ0n) is 15.9. The number of carbonyl (C=O) groups is 1. The molecule has 0 saturated carbocycles. The number of carbonyl (C=O) groups excluding carboxylic acids is 1. The fourth-order valence-corrected chi connectivity index (χ4v) is 5.96. The first kappa shape index (κ1) is 21.7. The molecule has 0 radical (unpaired) electrons. The predicted molar refractivity (Wildman–Crippen MR) is 113 cm³/mol. The summed E-state index contributed by atoms with van der Waals surface area (Å²) in [6, 6.07) is 11.3. The molecule has 11 heteroatoms. The quantitative estimate of drug-likeness (QED) is 0.509. The van der Waals surface area contributed by atoms with Gasteiger partial charge in [-0.05, 0) is 59.9 Å². The van der Waals surface area contributed by atoms with Crippen LogP contribution in [0.4, 0.5) is 23.2 Å². The van der Waals surface area contributed by atoms with E-state index in [2.05, 4.69) is 15.6 Å². The Hall–Kier alpha value is -2.53. The molecule has 0 unspecified atom stereocenters. The van der Waals surface area contributed by atoms with E-state index in [9.17, 15) is 22.4 Å². The van der Waals surface area contributed by atoms with E-state index in [1.165, 1.54) is 0 Å². The topological polar surface area (TPSA) is 59.8 Å². The van der Waals surface area contributed by atoms with Gasteiger partial charge in [0, 0.05) is 5.69 Å². The van der Waals surface area contributed by atoms with Crippen molar-refractivity contribution in [3.8, 4) is 5.69 Å². The molecule has 1 aromatic heterocycles. The van der Waals surface area contributed by atoms with Crippen LogP contribution < -0.4 is 5.32 Å². The highest BCUT2D eigenvalue weighted by Gasteiger charge is 2.42. The number of nitrogens with one attached hydrogen (secondary N) is 1. The van der Waals surface area contributed by atoms with E-state index < -0.39 is 29.3 Å². The molecule has 1 amide bonds. The van der Waals surface area contributed by atoms with E-state index in [1.54, 1.807) is 41.7 Å². The van der Waals surface area contributed by atoms with Crippen LogP contribution in [0.1, 0.15) is 32.7 Å². The van der Waals surface area contributed by atoms with Gasteiger partial charge >= 0.3 is 6.18 Å². The number of alkyl halides is 3. The van der Waals surface area contributed by atoms with Crippen LogP contribution in [-0.4, -0.2) is 32.4 Å². The van der Waals surface area contributed by atoms with Gasteiger partial charge in [0.1, 0.15) is 5.82 Å². The van der Waals surface area contributed by atoms with Crippen LogP contribution in [-0.2, 0) is 6.18 Å². The lowest BCUT2D eigenvalue weighted by Crippen LogP contribution is -2.21. The molecule has 0 spiro atoms. The molecule has 162 valence electrons. The number of halogens is 4. The van der Waals surface area contributed by atoms with Crippen LogP contribution >= 0.6 is 23.5 Å². The Morgan fingerprint density at radius 3 is 2.48 bits per heavy atom. The van der Waals surface area contributed by atoms with Crippen LogP contribution in [0.5, 0.6) is 0 Å². The van der Waals surface area contributed by atoms with E-state index in [0.29, 0.717) is 10.4 Å². The standard InChI is InChI=1S/C20H16F4N4OS2/c21-13-5-7-15(8-6-13)28-17(20(22,23)24)16(26-27-28)18(29)25-14-4-1-3-12(11-14)19-30-9-2-10-31-19/h1,3-8,11,19H,2,9-10H2,(H,25,29). The molecule has 3 aromatic rings. The third kappa shape index (κ3) is 4.87. The minimum atomic E-state index is -4.90. The number of anilines is 1. The van der Waals surface area contributed by atoms with E-state index in [4.69, 9.17) is 0 Å². The zero-order valence-corrected chi connectivity index (χ0v) is 17.5. The third-order valence-electron chi connectivity index (χ3n) is 4.47. The number of benzene rings is 2. The molecule has 4 rings (SSSR count). The van der Waals surface area contributed by atoms with E-state index >= 15 is 0 Å². The van der Waals surface area contributed by atoms with Crippen molar-refractivity contribution in [3.05, 3.63) is 71.3 Å². The van der Waals surface area contributed by atoms with Gasteiger partial charge in [0.2, 0.25) is 0 Å². The molecular formula is C20H16F4N4OS2. The minimum Gasteiger partial charge on any atom is -0.321 e. The summed E-state index contributed by atoms with van der Waals surface area (Å²) in [6.07, 6.45) is -3.77. The summed E-state index contributed by atoms with van der Waals surface area (Å²) in [5.74, 6) is 0.442. The van der Waals surface area contributed by atoms with Gasteiger partial charge in [-0.15, -0.1) is 28.6 Å². The van der Waals surface area contributed by atoms with Crippen LogP contribution in [0.15, 0.2) is 48.5 Å². The third-order valence-corrected chi connectivity index (χ3v) is 7.48. The van der Waals surface area contributed by atoms with Crippen molar-refractivity contribution < 1.29 is 22.4 Å². The molecule has 0 bridgehead atoms. The monoisotopic (exact) mass is 468 g/mol. The average Bonchev–Trinajstić information content (AvgIpc) is 3.21. The highest BCUT2D eigenvalue weighted by Crippen LogP contribution is 2.44. The van der Waals surface area contributed by atoms with Crippen molar-refractivity contribution in [2.24, 2.45) is 0 Å². The second kappa shape index (κ2) is 8.91. The Morgan fingerprint density at radius 1 is 1.10 bits per heavy atom. The van der Waals surface area contributed by atoms with E-state index in [0.717, 1.165) is 47.8 Å². The maximum Gasteiger partial charge on any atom is 0.435 e. The predicted octanol–water partition coefficient (Wildman–Crippen LogP) is 5.55. The fourth-order valence-electron chi connectivity index (χ4n) is 3.09. The summed E-state index contributed by atoms with van der Waals surface area (Å²) < 4.78 is 55.1. The Morgan fingerprint density at radius 2 is 1.81 bits per heavy atom. The first-order chi connectivity index (χ1) is 14.8. The average molecular weight is 469 g/mol. The second-order valence-corrected chi connectivity index (χ2v) is 9.40.